The Balaban J connectivity index is 2.02. The van der Waals surface area contributed by atoms with E-state index in [-0.39, 0.29) is 11.8 Å². The van der Waals surface area contributed by atoms with Crippen LogP contribution in [-0.2, 0) is 14.8 Å². The maximum atomic E-state index is 12.4. The van der Waals surface area contributed by atoms with Crippen molar-refractivity contribution in [3.63, 3.8) is 0 Å². The van der Waals surface area contributed by atoms with E-state index in [9.17, 15) is 18.3 Å². The molecule has 21 heavy (non-hydrogen) atoms. The molecule has 0 aliphatic heterocycles. The van der Waals surface area contributed by atoms with Gasteiger partial charge in [-0.3, -0.25) is 4.79 Å². The van der Waals surface area contributed by atoms with Crippen LogP contribution in [0, 0.1) is 5.41 Å². The molecule has 2 fully saturated rings. The van der Waals surface area contributed by atoms with Crippen molar-refractivity contribution in [1.29, 1.82) is 0 Å². The van der Waals surface area contributed by atoms with Gasteiger partial charge in [-0.05, 0) is 25.7 Å². The second kappa shape index (κ2) is 7.09. The molecule has 0 amide bonds. The Morgan fingerprint density at radius 2 is 1.52 bits per heavy atom. The number of hydrogen-bond donors (Lipinski definition) is 2. The number of carbonyl (C=O) groups is 1. The zero-order chi connectivity index (χ0) is 15.3. The van der Waals surface area contributed by atoms with Gasteiger partial charge in [0.15, 0.2) is 0 Å². The van der Waals surface area contributed by atoms with Crippen molar-refractivity contribution in [3.05, 3.63) is 0 Å². The highest BCUT2D eigenvalue weighted by molar-refractivity contribution is 7.90. The van der Waals surface area contributed by atoms with E-state index in [1.54, 1.807) is 0 Å². The van der Waals surface area contributed by atoms with E-state index in [1.807, 2.05) is 0 Å². The minimum Gasteiger partial charge on any atom is -0.481 e. The molecule has 0 aromatic rings. The Bertz CT molecular complexity index is 446. The van der Waals surface area contributed by atoms with Crippen LogP contribution in [0.1, 0.15) is 70.6 Å². The van der Waals surface area contributed by atoms with Crippen molar-refractivity contribution >= 4 is 16.0 Å². The molecule has 2 saturated carbocycles. The minimum absolute atomic E-state index is 0.0567. The molecule has 0 saturated heterocycles. The molecule has 0 bridgehead atoms. The van der Waals surface area contributed by atoms with Gasteiger partial charge in [0.2, 0.25) is 10.0 Å². The Morgan fingerprint density at radius 3 is 2.05 bits per heavy atom. The van der Waals surface area contributed by atoms with Crippen molar-refractivity contribution in [3.8, 4) is 0 Å². The third-order valence-corrected chi connectivity index (χ3v) is 7.01. The van der Waals surface area contributed by atoms with Crippen LogP contribution in [-0.4, -0.2) is 31.3 Å². The third kappa shape index (κ3) is 4.19. The third-order valence-electron chi connectivity index (χ3n) is 5.12. The predicted octanol–water partition coefficient (Wildman–Crippen LogP) is 2.66. The lowest BCUT2D eigenvalue weighted by molar-refractivity contribution is -0.149. The molecule has 2 N–H and O–H groups in total. The van der Waals surface area contributed by atoms with E-state index >= 15 is 0 Å². The summed E-state index contributed by atoms with van der Waals surface area (Å²) in [5.41, 5.74) is -0.905. The first-order valence-corrected chi connectivity index (χ1v) is 9.73. The lowest BCUT2D eigenvalue weighted by atomic mass is 9.80. The number of sulfonamides is 1. The molecule has 2 aliphatic rings. The van der Waals surface area contributed by atoms with E-state index in [0.717, 1.165) is 44.9 Å². The maximum absolute atomic E-state index is 12.4. The van der Waals surface area contributed by atoms with Crippen molar-refractivity contribution in [1.82, 2.24) is 4.72 Å². The van der Waals surface area contributed by atoms with Gasteiger partial charge in [0, 0.05) is 6.54 Å². The van der Waals surface area contributed by atoms with Crippen LogP contribution in [0.25, 0.3) is 0 Å². The highest BCUT2D eigenvalue weighted by atomic mass is 32.2. The van der Waals surface area contributed by atoms with Gasteiger partial charge >= 0.3 is 5.97 Å². The van der Waals surface area contributed by atoms with Gasteiger partial charge in [-0.25, -0.2) is 13.1 Å². The Labute approximate surface area is 127 Å². The maximum Gasteiger partial charge on any atom is 0.310 e. The molecule has 2 rings (SSSR count). The Kier molecular flexibility index (Phi) is 5.66. The molecule has 0 radical (unpaired) electrons. The largest absolute Gasteiger partial charge is 0.481 e. The zero-order valence-electron chi connectivity index (χ0n) is 12.6. The summed E-state index contributed by atoms with van der Waals surface area (Å²) in [6, 6.07) is 0. The summed E-state index contributed by atoms with van der Waals surface area (Å²) in [7, 11) is -3.38. The van der Waals surface area contributed by atoms with Crippen molar-refractivity contribution in [2.45, 2.75) is 75.9 Å². The van der Waals surface area contributed by atoms with E-state index < -0.39 is 21.4 Å². The fraction of sp³-hybridized carbons (Fsp3) is 0.933. The molecule has 0 aromatic heterocycles. The van der Waals surface area contributed by atoms with E-state index in [1.165, 1.54) is 0 Å². The number of nitrogens with one attached hydrogen (secondary N) is 1. The molecule has 0 heterocycles. The zero-order valence-corrected chi connectivity index (χ0v) is 13.5. The Hall–Kier alpha value is -0.620. The first-order valence-electron chi connectivity index (χ1n) is 8.18. The second-order valence-electron chi connectivity index (χ2n) is 6.63. The lowest BCUT2D eigenvalue weighted by Crippen LogP contribution is -2.45. The molecule has 0 atom stereocenters. The second-order valence-corrected chi connectivity index (χ2v) is 8.67. The van der Waals surface area contributed by atoms with E-state index in [4.69, 9.17) is 0 Å². The summed E-state index contributed by atoms with van der Waals surface area (Å²) in [6.07, 6.45) is 9.41. The van der Waals surface area contributed by atoms with Crippen LogP contribution in [0.15, 0.2) is 0 Å². The first-order chi connectivity index (χ1) is 9.96. The molecular formula is C15H27NO4S. The number of hydrogen-bond acceptors (Lipinski definition) is 3. The molecule has 6 heteroatoms. The van der Waals surface area contributed by atoms with Gasteiger partial charge in [0.05, 0.1) is 10.7 Å². The fourth-order valence-corrected chi connectivity index (χ4v) is 5.27. The summed E-state index contributed by atoms with van der Waals surface area (Å²) in [5.74, 6) is -0.851. The van der Waals surface area contributed by atoms with Gasteiger partial charge in [0.25, 0.3) is 0 Å². The smallest absolute Gasteiger partial charge is 0.310 e. The average Bonchev–Trinajstić information content (AvgIpc) is 2.73. The monoisotopic (exact) mass is 317 g/mol. The number of rotatable bonds is 5. The summed E-state index contributed by atoms with van der Waals surface area (Å²) in [5, 5.41) is 9.26. The molecule has 122 valence electrons. The minimum atomic E-state index is -3.38. The molecule has 0 aromatic carbocycles. The van der Waals surface area contributed by atoms with Crippen molar-refractivity contribution in [2.75, 3.05) is 6.54 Å². The normalized spacial score (nSPS) is 24.4. The number of carboxylic acids is 1. The van der Waals surface area contributed by atoms with E-state index in [2.05, 4.69) is 4.72 Å². The number of aliphatic carboxylic acids is 1. The van der Waals surface area contributed by atoms with Crippen LogP contribution >= 0.6 is 0 Å². The van der Waals surface area contributed by atoms with Crippen LogP contribution in [0.5, 0.6) is 0 Å². The summed E-state index contributed by atoms with van der Waals surface area (Å²) in [6.45, 7) is 0.0567. The van der Waals surface area contributed by atoms with Gasteiger partial charge in [0.1, 0.15) is 0 Å². The average molecular weight is 317 g/mol. The topological polar surface area (TPSA) is 83.5 Å². The number of carboxylic acid groups (broad SMARTS) is 1. The van der Waals surface area contributed by atoms with Gasteiger partial charge in [-0.2, -0.15) is 0 Å². The van der Waals surface area contributed by atoms with Crippen molar-refractivity contribution < 1.29 is 18.3 Å². The SMILES string of the molecule is O=C(O)C1(CNS(=O)(=O)C2CCCCC2)CCCCCC1. The fourth-order valence-electron chi connectivity index (χ4n) is 3.60. The molecular weight excluding hydrogens is 290 g/mol. The predicted molar refractivity (Wildman–Crippen MR) is 81.6 cm³/mol. The molecule has 0 spiro atoms. The Morgan fingerprint density at radius 1 is 1.00 bits per heavy atom. The quantitative estimate of drug-likeness (QED) is 0.764. The van der Waals surface area contributed by atoms with Crippen LogP contribution in [0.4, 0.5) is 0 Å². The highest BCUT2D eigenvalue weighted by Crippen LogP contribution is 2.35. The summed E-state index contributed by atoms with van der Waals surface area (Å²) in [4.78, 5) is 11.7. The molecule has 2 aliphatic carbocycles. The summed E-state index contributed by atoms with van der Waals surface area (Å²) >= 11 is 0. The van der Waals surface area contributed by atoms with Crippen LogP contribution in [0.2, 0.25) is 0 Å². The van der Waals surface area contributed by atoms with Gasteiger partial charge in [-0.1, -0.05) is 44.9 Å². The standard InChI is InChI=1S/C15H27NO4S/c17-14(18)15(10-6-1-2-7-11-15)12-16-21(19,20)13-8-4-3-5-9-13/h13,16H,1-12H2,(H,17,18). The van der Waals surface area contributed by atoms with Gasteiger partial charge < -0.3 is 5.11 Å². The summed E-state index contributed by atoms with van der Waals surface area (Å²) < 4.78 is 27.4. The van der Waals surface area contributed by atoms with Crippen molar-refractivity contribution in [2.24, 2.45) is 5.41 Å². The van der Waals surface area contributed by atoms with E-state index in [0.29, 0.717) is 25.7 Å². The first kappa shape index (κ1) is 16.7. The lowest BCUT2D eigenvalue weighted by Gasteiger charge is -2.30. The van der Waals surface area contributed by atoms with Crippen LogP contribution < -0.4 is 4.72 Å². The highest BCUT2D eigenvalue weighted by Gasteiger charge is 2.40. The molecule has 5 nitrogen and oxygen atoms in total. The molecule has 0 unspecified atom stereocenters. The van der Waals surface area contributed by atoms with Crippen LogP contribution in [0.3, 0.4) is 0 Å². The van der Waals surface area contributed by atoms with Gasteiger partial charge in [-0.15, -0.1) is 0 Å².